The van der Waals surface area contributed by atoms with E-state index in [4.69, 9.17) is 4.74 Å². The van der Waals surface area contributed by atoms with Crippen molar-refractivity contribution in [2.24, 2.45) is 17.3 Å². The number of piperidine rings is 1. The zero-order valence-corrected chi connectivity index (χ0v) is 14.7. The average molecular weight is 340 g/mol. The number of anilines is 1. The van der Waals surface area contributed by atoms with Crippen molar-refractivity contribution in [1.29, 1.82) is 0 Å². The van der Waals surface area contributed by atoms with Crippen molar-refractivity contribution in [3.8, 4) is 5.75 Å². The summed E-state index contributed by atoms with van der Waals surface area (Å²) in [6.45, 7) is 7.54. The summed E-state index contributed by atoms with van der Waals surface area (Å²) in [5, 5.41) is 7.13. The first kappa shape index (κ1) is 16.0. The molecule has 6 nitrogen and oxygen atoms in total. The Bertz CT molecular complexity index is 743. The second-order valence-corrected chi connectivity index (χ2v) is 7.51. The van der Waals surface area contributed by atoms with Gasteiger partial charge in [-0.1, -0.05) is 19.9 Å². The van der Waals surface area contributed by atoms with Crippen LogP contribution in [0.4, 0.5) is 10.5 Å². The number of carbonyl (C=O) groups excluding carboxylic acids is 1. The van der Waals surface area contributed by atoms with Crippen molar-refractivity contribution in [2.45, 2.75) is 20.4 Å². The lowest BCUT2D eigenvalue weighted by Crippen LogP contribution is -2.36. The maximum absolute atomic E-state index is 12.4. The van der Waals surface area contributed by atoms with Crippen molar-refractivity contribution in [1.82, 2.24) is 14.7 Å². The van der Waals surface area contributed by atoms with E-state index >= 15 is 0 Å². The molecule has 25 heavy (non-hydrogen) atoms. The highest BCUT2D eigenvalue weighted by Gasteiger charge is 2.62. The molecule has 2 aromatic rings. The summed E-state index contributed by atoms with van der Waals surface area (Å²) in [5.41, 5.74) is 1.18. The minimum atomic E-state index is -0.0170. The maximum atomic E-state index is 12.4. The van der Waals surface area contributed by atoms with Crippen LogP contribution in [0.2, 0.25) is 0 Å². The molecule has 2 fully saturated rings. The molecule has 1 aromatic carbocycles. The van der Waals surface area contributed by atoms with Crippen LogP contribution in [0.1, 0.15) is 13.8 Å². The number of carbonyl (C=O) groups is 1. The Kier molecular flexibility index (Phi) is 3.90. The molecule has 1 saturated carbocycles. The summed E-state index contributed by atoms with van der Waals surface area (Å²) >= 11 is 0. The predicted molar refractivity (Wildman–Crippen MR) is 95.5 cm³/mol. The smallest absolute Gasteiger partial charge is 0.321 e. The topological polar surface area (TPSA) is 59.4 Å². The molecule has 0 radical (unpaired) electrons. The number of amides is 2. The van der Waals surface area contributed by atoms with Crippen LogP contribution < -0.4 is 10.1 Å². The number of nitrogens with zero attached hydrogens (tertiary/aromatic N) is 3. The van der Waals surface area contributed by atoms with E-state index in [1.54, 1.807) is 6.20 Å². The quantitative estimate of drug-likeness (QED) is 0.910. The first-order valence-corrected chi connectivity index (χ1v) is 8.80. The molecule has 4 rings (SSSR count). The van der Waals surface area contributed by atoms with Crippen molar-refractivity contribution in [2.75, 3.05) is 25.0 Å². The van der Waals surface area contributed by atoms with Gasteiger partial charge in [0.1, 0.15) is 12.4 Å². The Balaban J connectivity index is 1.29. The monoisotopic (exact) mass is 340 g/mol. The van der Waals surface area contributed by atoms with Crippen LogP contribution in [0.15, 0.2) is 42.7 Å². The molecular weight excluding hydrogens is 316 g/mol. The highest BCUT2D eigenvalue weighted by molar-refractivity contribution is 5.89. The highest BCUT2D eigenvalue weighted by Crippen LogP contribution is 2.61. The van der Waals surface area contributed by atoms with Gasteiger partial charge < -0.3 is 15.0 Å². The van der Waals surface area contributed by atoms with Gasteiger partial charge in [0.15, 0.2) is 0 Å². The minimum absolute atomic E-state index is 0.0170. The molecule has 0 unspecified atom stereocenters. The first-order valence-electron chi connectivity index (χ1n) is 8.80. The number of urea groups is 1. The lowest BCUT2D eigenvalue weighted by atomic mass is 10.1. The number of hydrogen-bond acceptors (Lipinski definition) is 3. The summed E-state index contributed by atoms with van der Waals surface area (Å²) in [4.78, 5) is 14.4. The number of fused-ring (bicyclic) bond motifs is 1. The molecule has 2 amide bonds. The van der Waals surface area contributed by atoms with E-state index in [9.17, 15) is 4.79 Å². The van der Waals surface area contributed by atoms with Crippen LogP contribution >= 0.6 is 0 Å². The Hall–Kier alpha value is -2.50. The van der Waals surface area contributed by atoms with Gasteiger partial charge >= 0.3 is 6.03 Å². The summed E-state index contributed by atoms with van der Waals surface area (Å²) in [7, 11) is 0. The Morgan fingerprint density at radius 1 is 1.32 bits per heavy atom. The molecule has 1 aromatic heterocycles. The standard InChI is InChI=1S/C19H24N4O2/c1-19(2)16-12-22(13-17(16)19)18(24)21-14-5-3-6-15(11-14)25-10-9-23-8-4-7-20-23/h3-8,11,16-17H,9-10,12-13H2,1-2H3,(H,21,24)/t16-,17-/m0/s1. The largest absolute Gasteiger partial charge is 0.492 e. The van der Waals surface area contributed by atoms with Gasteiger partial charge in [-0.15, -0.1) is 0 Å². The lowest BCUT2D eigenvalue weighted by molar-refractivity contribution is 0.209. The minimum Gasteiger partial charge on any atom is -0.492 e. The van der Waals surface area contributed by atoms with Crippen molar-refractivity contribution >= 4 is 11.7 Å². The summed E-state index contributed by atoms with van der Waals surface area (Å²) < 4.78 is 7.58. The third-order valence-corrected chi connectivity index (χ3v) is 5.64. The molecular formula is C19H24N4O2. The van der Waals surface area contributed by atoms with Gasteiger partial charge in [0.2, 0.25) is 0 Å². The number of hydrogen-bond donors (Lipinski definition) is 1. The number of likely N-dealkylation sites (tertiary alicyclic amines) is 1. The lowest BCUT2D eigenvalue weighted by Gasteiger charge is -2.22. The van der Waals surface area contributed by atoms with E-state index in [1.807, 2.05) is 46.1 Å². The molecule has 2 aliphatic rings. The molecule has 2 heterocycles. The van der Waals surface area contributed by atoms with Gasteiger partial charge in [0.25, 0.3) is 0 Å². The maximum Gasteiger partial charge on any atom is 0.321 e. The molecule has 1 aliphatic heterocycles. The van der Waals surface area contributed by atoms with Crippen molar-refractivity contribution in [3.05, 3.63) is 42.7 Å². The summed E-state index contributed by atoms with van der Waals surface area (Å²) in [6, 6.07) is 9.41. The van der Waals surface area contributed by atoms with Gasteiger partial charge in [-0.3, -0.25) is 4.68 Å². The predicted octanol–water partition coefficient (Wildman–Crippen LogP) is 3.08. The third kappa shape index (κ3) is 3.21. The van der Waals surface area contributed by atoms with Crippen LogP contribution in [-0.2, 0) is 6.54 Å². The van der Waals surface area contributed by atoms with E-state index < -0.39 is 0 Å². The molecule has 0 spiro atoms. The molecule has 0 bridgehead atoms. The third-order valence-electron chi connectivity index (χ3n) is 5.64. The number of benzene rings is 1. The van der Waals surface area contributed by atoms with Crippen LogP contribution in [0.3, 0.4) is 0 Å². The molecule has 6 heteroatoms. The van der Waals surface area contributed by atoms with E-state index in [2.05, 4.69) is 24.3 Å². The number of nitrogens with one attached hydrogen (secondary N) is 1. The zero-order chi connectivity index (χ0) is 17.4. The fraction of sp³-hybridized carbons (Fsp3) is 0.474. The van der Waals surface area contributed by atoms with Gasteiger partial charge in [-0.25, -0.2) is 4.79 Å². The summed E-state index contributed by atoms with van der Waals surface area (Å²) in [6.07, 6.45) is 3.65. The Morgan fingerprint density at radius 2 is 2.12 bits per heavy atom. The van der Waals surface area contributed by atoms with Gasteiger partial charge in [-0.2, -0.15) is 5.10 Å². The van der Waals surface area contributed by atoms with Crippen LogP contribution in [0.25, 0.3) is 0 Å². The normalized spacial score (nSPS) is 23.2. The van der Waals surface area contributed by atoms with E-state index in [0.29, 0.717) is 30.4 Å². The van der Waals surface area contributed by atoms with E-state index in [0.717, 1.165) is 24.5 Å². The summed E-state index contributed by atoms with van der Waals surface area (Å²) in [5.74, 6) is 2.07. The van der Waals surface area contributed by atoms with E-state index in [1.165, 1.54) is 0 Å². The number of rotatable bonds is 5. The van der Waals surface area contributed by atoms with Gasteiger partial charge in [0, 0.05) is 37.2 Å². The molecule has 2 atom stereocenters. The van der Waals surface area contributed by atoms with E-state index in [-0.39, 0.29) is 6.03 Å². The second kappa shape index (κ2) is 6.10. The molecule has 1 N–H and O–H groups in total. The molecule has 1 aliphatic carbocycles. The molecule has 1 saturated heterocycles. The number of aromatic nitrogens is 2. The first-order chi connectivity index (χ1) is 12.0. The fourth-order valence-electron chi connectivity index (χ4n) is 3.85. The fourth-order valence-corrected chi connectivity index (χ4v) is 3.85. The van der Waals surface area contributed by atoms with Gasteiger partial charge in [0.05, 0.1) is 6.54 Å². The average Bonchev–Trinajstić information content (AvgIpc) is 3.08. The molecule has 132 valence electrons. The number of ether oxygens (including phenoxy) is 1. The second-order valence-electron chi connectivity index (χ2n) is 7.51. The van der Waals surface area contributed by atoms with Crippen LogP contribution in [-0.4, -0.2) is 40.4 Å². The van der Waals surface area contributed by atoms with Crippen LogP contribution in [0.5, 0.6) is 5.75 Å². The van der Waals surface area contributed by atoms with Gasteiger partial charge in [-0.05, 0) is 35.4 Å². The van der Waals surface area contributed by atoms with Crippen molar-refractivity contribution < 1.29 is 9.53 Å². The Morgan fingerprint density at radius 3 is 2.84 bits per heavy atom. The van der Waals surface area contributed by atoms with Crippen LogP contribution in [0, 0.1) is 17.3 Å². The highest BCUT2D eigenvalue weighted by atomic mass is 16.5. The SMILES string of the molecule is CC1(C)[C@H]2CN(C(=O)Nc3cccc(OCCn4cccn4)c3)C[C@@H]21. The zero-order valence-electron chi connectivity index (χ0n) is 14.7. The van der Waals surface area contributed by atoms with Crippen molar-refractivity contribution in [3.63, 3.8) is 0 Å². The Labute approximate surface area is 147 Å².